The summed E-state index contributed by atoms with van der Waals surface area (Å²) in [6.45, 7) is 4.19. The lowest BCUT2D eigenvalue weighted by atomic mass is 10.1. The molecule has 1 aliphatic heterocycles. The summed E-state index contributed by atoms with van der Waals surface area (Å²) in [5.41, 5.74) is 2.22. The van der Waals surface area contributed by atoms with E-state index in [9.17, 15) is 9.59 Å². The molecule has 3 amide bonds. The summed E-state index contributed by atoms with van der Waals surface area (Å²) in [4.78, 5) is 24.2. The van der Waals surface area contributed by atoms with Gasteiger partial charge in [0.05, 0.1) is 6.54 Å². The molecule has 0 spiro atoms. The van der Waals surface area contributed by atoms with Gasteiger partial charge in [0, 0.05) is 23.7 Å². The molecule has 3 rings (SSSR count). The fourth-order valence-corrected chi connectivity index (χ4v) is 2.84. The zero-order chi connectivity index (χ0) is 18.5. The summed E-state index contributed by atoms with van der Waals surface area (Å²) in [7, 11) is 0. The maximum absolute atomic E-state index is 12.4. The normalized spacial score (nSPS) is 15.1. The SMILES string of the molecule is CC(C)NC(=O)Nc1cccc(C(=O)NC[C@H]2Cc3ccccc3O2)c1. The summed E-state index contributed by atoms with van der Waals surface area (Å²) >= 11 is 0. The van der Waals surface area contributed by atoms with Crippen molar-refractivity contribution in [1.29, 1.82) is 0 Å². The standard InChI is InChI=1S/C20H23N3O3/c1-13(2)22-20(25)23-16-8-5-7-15(10-16)19(24)21-12-17-11-14-6-3-4-9-18(14)26-17/h3-10,13,17H,11-12H2,1-2H3,(H,21,24)(H2,22,23,25)/t17-/m1/s1. The molecule has 0 saturated carbocycles. The lowest BCUT2D eigenvalue weighted by molar-refractivity contribution is 0.0933. The summed E-state index contributed by atoms with van der Waals surface area (Å²) in [6, 6.07) is 14.5. The van der Waals surface area contributed by atoms with Crippen LogP contribution in [0, 0.1) is 0 Å². The number of amides is 3. The van der Waals surface area contributed by atoms with E-state index in [0.717, 1.165) is 17.7 Å². The Hall–Kier alpha value is -3.02. The number of anilines is 1. The Balaban J connectivity index is 1.54. The Morgan fingerprint density at radius 3 is 2.73 bits per heavy atom. The second-order valence-electron chi connectivity index (χ2n) is 6.60. The van der Waals surface area contributed by atoms with E-state index in [0.29, 0.717) is 17.8 Å². The minimum atomic E-state index is -0.297. The second-order valence-corrected chi connectivity index (χ2v) is 6.60. The second kappa shape index (κ2) is 7.91. The van der Waals surface area contributed by atoms with E-state index in [4.69, 9.17) is 4.74 Å². The maximum atomic E-state index is 12.4. The van der Waals surface area contributed by atoms with Crippen molar-refractivity contribution in [3.8, 4) is 5.75 Å². The third-order valence-electron chi connectivity index (χ3n) is 4.01. The van der Waals surface area contributed by atoms with Crippen LogP contribution in [-0.2, 0) is 6.42 Å². The molecule has 26 heavy (non-hydrogen) atoms. The summed E-state index contributed by atoms with van der Waals surface area (Å²) < 4.78 is 5.83. The topological polar surface area (TPSA) is 79.5 Å². The Morgan fingerprint density at radius 2 is 1.96 bits per heavy atom. The monoisotopic (exact) mass is 353 g/mol. The van der Waals surface area contributed by atoms with Crippen LogP contribution in [0.2, 0.25) is 0 Å². The highest BCUT2D eigenvalue weighted by atomic mass is 16.5. The van der Waals surface area contributed by atoms with Crippen molar-refractivity contribution in [2.75, 3.05) is 11.9 Å². The Labute approximate surface area is 152 Å². The van der Waals surface area contributed by atoms with E-state index in [1.54, 1.807) is 24.3 Å². The highest BCUT2D eigenvalue weighted by Gasteiger charge is 2.22. The Kier molecular flexibility index (Phi) is 5.41. The molecule has 1 aliphatic rings. The Bertz CT molecular complexity index is 779. The van der Waals surface area contributed by atoms with E-state index < -0.39 is 0 Å². The van der Waals surface area contributed by atoms with Crippen molar-refractivity contribution in [2.24, 2.45) is 0 Å². The number of carbonyl (C=O) groups is 2. The number of ether oxygens (including phenoxy) is 1. The molecule has 1 heterocycles. The molecular formula is C20H23N3O3. The van der Waals surface area contributed by atoms with Gasteiger partial charge in [-0.15, -0.1) is 0 Å². The first-order valence-electron chi connectivity index (χ1n) is 8.71. The molecule has 6 heteroatoms. The lowest BCUT2D eigenvalue weighted by Crippen LogP contribution is -2.35. The van der Waals surface area contributed by atoms with Gasteiger partial charge in [0.15, 0.2) is 0 Å². The van der Waals surface area contributed by atoms with Crippen LogP contribution in [0.25, 0.3) is 0 Å². The Morgan fingerprint density at radius 1 is 1.15 bits per heavy atom. The van der Waals surface area contributed by atoms with Gasteiger partial charge < -0.3 is 20.7 Å². The van der Waals surface area contributed by atoms with E-state index in [-0.39, 0.29) is 24.1 Å². The average Bonchev–Trinajstić information content (AvgIpc) is 3.02. The molecule has 3 N–H and O–H groups in total. The summed E-state index contributed by atoms with van der Waals surface area (Å²) in [5, 5.41) is 8.36. The van der Waals surface area contributed by atoms with E-state index in [1.165, 1.54) is 0 Å². The quantitative estimate of drug-likeness (QED) is 0.773. The van der Waals surface area contributed by atoms with Gasteiger partial charge in [-0.1, -0.05) is 24.3 Å². The molecule has 0 aliphatic carbocycles. The van der Waals surface area contributed by atoms with Crippen LogP contribution in [0.4, 0.5) is 10.5 Å². The zero-order valence-corrected chi connectivity index (χ0v) is 14.9. The summed E-state index contributed by atoms with van der Waals surface area (Å²) in [5.74, 6) is 0.687. The van der Waals surface area contributed by atoms with E-state index in [1.807, 2.05) is 38.1 Å². The van der Waals surface area contributed by atoms with Crippen LogP contribution < -0.4 is 20.7 Å². The predicted octanol–water partition coefficient (Wildman–Crippen LogP) is 2.95. The van der Waals surface area contributed by atoms with Crippen molar-refractivity contribution in [2.45, 2.75) is 32.4 Å². The molecule has 1 atom stereocenters. The molecule has 136 valence electrons. The number of urea groups is 1. The number of nitrogens with one attached hydrogen (secondary N) is 3. The number of fused-ring (bicyclic) bond motifs is 1. The highest BCUT2D eigenvalue weighted by molar-refractivity contribution is 5.96. The molecule has 0 aromatic heterocycles. The minimum absolute atomic E-state index is 0.0389. The zero-order valence-electron chi connectivity index (χ0n) is 14.9. The predicted molar refractivity (Wildman–Crippen MR) is 101 cm³/mol. The van der Waals surface area contributed by atoms with Gasteiger partial charge >= 0.3 is 6.03 Å². The van der Waals surface area contributed by atoms with Gasteiger partial charge in [-0.2, -0.15) is 0 Å². The third kappa shape index (κ3) is 4.53. The fraction of sp³-hybridized carbons (Fsp3) is 0.300. The van der Waals surface area contributed by atoms with Crippen LogP contribution in [0.1, 0.15) is 29.8 Å². The summed E-state index contributed by atoms with van der Waals surface area (Å²) in [6.07, 6.45) is 0.724. The molecule has 0 unspecified atom stereocenters. The van der Waals surface area contributed by atoms with Gasteiger partial charge in [0.1, 0.15) is 11.9 Å². The molecule has 0 bridgehead atoms. The number of hydrogen-bond donors (Lipinski definition) is 3. The van der Waals surface area contributed by atoms with Crippen LogP contribution in [0.5, 0.6) is 5.75 Å². The largest absolute Gasteiger partial charge is 0.488 e. The van der Waals surface area contributed by atoms with Crippen LogP contribution >= 0.6 is 0 Å². The third-order valence-corrected chi connectivity index (χ3v) is 4.01. The molecule has 0 saturated heterocycles. The fourth-order valence-electron chi connectivity index (χ4n) is 2.84. The first-order chi connectivity index (χ1) is 12.5. The molecule has 0 radical (unpaired) electrons. The average molecular weight is 353 g/mol. The first-order valence-corrected chi connectivity index (χ1v) is 8.71. The highest BCUT2D eigenvalue weighted by Crippen LogP contribution is 2.27. The maximum Gasteiger partial charge on any atom is 0.319 e. The van der Waals surface area contributed by atoms with E-state index >= 15 is 0 Å². The number of hydrogen-bond acceptors (Lipinski definition) is 3. The van der Waals surface area contributed by atoms with Crippen LogP contribution in [0.15, 0.2) is 48.5 Å². The van der Waals surface area contributed by atoms with Gasteiger partial charge in [-0.25, -0.2) is 4.79 Å². The van der Waals surface area contributed by atoms with Crippen molar-refractivity contribution < 1.29 is 14.3 Å². The van der Waals surface area contributed by atoms with Crippen molar-refractivity contribution in [1.82, 2.24) is 10.6 Å². The molecule has 0 fully saturated rings. The van der Waals surface area contributed by atoms with Gasteiger partial charge in [0.2, 0.25) is 0 Å². The van der Waals surface area contributed by atoms with Crippen molar-refractivity contribution in [3.63, 3.8) is 0 Å². The molecule has 6 nitrogen and oxygen atoms in total. The lowest BCUT2D eigenvalue weighted by Gasteiger charge is -2.13. The smallest absolute Gasteiger partial charge is 0.319 e. The number of rotatable bonds is 5. The molecule has 2 aromatic carbocycles. The van der Waals surface area contributed by atoms with E-state index in [2.05, 4.69) is 16.0 Å². The van der Waals surface area contributed by atoms with Gasteiger partial charge in [-0.3, -0.25) is 4.79 Å². The number of para-hydroxylation sites is 1. The van der Waals surface area contributed by atoms with Gasteiger partial charge in [0.25, 0.3) is 5.91 Å². The van der Waals surface area contributed by atoms with Crippen LogP contribution in [0.3, 0.4) is 0 Å². The molecule has 2 aromatic rings. The van der Waals surface area contributed by atoms with Gasteiger partial charge in [-0.05, 0) is 43.7 Å². The first kappa shape index (κ1) is 17.8. The van der Waals surface area contributed by atoms with Crippen LogP contribution in [-0.4, -0.2) is 30.6 Å². The number of carbonyl (C=O) groups excluding carboxylic acids is 2. The van der Waals surface area contributed by atoms with Crippen molar-refractivity contribution >= 4 is 17.6 Å². The minimum Gasteiger partial charge on any atom is -0.488 e. The number of benzene rings is 2. The molecular weight excluding hydrogens is 330 g/mol. The van der Waals surface area contributed by atoms with Crippen molar-refractivity contribution in [3.05, 3.63) is 59.7 Å².